The molecule has 0 saturated heterocycles. The van der Waals surface area contributed by atoms with E-state index in [1.165, 1.54) is 56.3 Å². The highest BCUT2D eigenvalue weighted by Crippen LogP contribution is 2.25. The molecule has 0 fully saturated rings. The van der Waals surface area contributed by atoms with Crippen LogP contribution in [0, 0.1) is 5.92 Å². The van der Waals surface area contributed by atoms with Gasteiger partial charge in [0.15, 0.2) is 6.61 Å². The SMILES string of the molecule is CC(C)[C@H](NC(=O)C(NC(=O)COc1cc(Cl)cc(Cl)c1)c1ccc(Cl)cc1)C(=O)C(F)(F)F. The predicted octanol–water partition coefficient (Wildman–Crippen LogP) is 5.16. The molecule has 12 heteroatoms. The quantitative estimate of drug-likeness (QED) is 0.461. The van der Waals surface area contributed by atoms with Gasteiger partial charge in [-0.1, -0.05) is 60.8 Å². The number of carbonyl (C=O) groups is 3. The summed E-state index contributed by atoms with van der Waals surface area (Å²) in [6, 6.07) is 6.73. The second kappa shape index (κ2) is 11.8. The number of Topliss-reactive ketones (excluding diaryl/α,β-unsaturated/α-hetero) is 1. The summed E-state index contributed by atoms with van der Waals surface area (Å²) in [5.74, 6) is -4.56. The zero-order valence-electron chi connectivity index (χ0n) is 17.9. The van der Waals surface area contributed by atoms with Gasteiger partial charge in [0, 0.05) is 15.1 Å². The Balaban J connectivity index is 2.21. The molecule has 1 unspecified atom stereocenters. The standard InChI is InChI=1S/C22H20Cl3F3N2O4/c1-11(2)18(20(32)22(26,27)28)30-21(33)19(12-3-5-13(23)6-4-12)29-17(31)10-34-16-8-14(24)7-15(25)9-16/h3-9,11,18-19H,10H2,1-2H3,(H,29,31)(H,30,33)/t18-,19?/m0/s1. The lowest BCUT2D eigenvalue weighted by atomic mass is 9.98. The van der Waals surface area contributed by atoms with Crippen molar-refractivity contribution in [3.05, 3.63) is 63.1 Å². The van der Waals surface area contributed by atoms with Crippen LogP contribution in [0.5, 0.6) is 5.75 Å². The Hall–Kier alpha value is -2.49. The lowest BCUT2D eigenvalue weighted by Crippen LogP contribution is -2.53. The van der Waals surface area contributed by atoms with Crippen LogP contribution in [0.1, 0.15) is 25.5 Å². The number of carbonyl (C=O) groups excluding carboxylic acids is 3. The summed E-state index contributed by atoms with van der Waals surface area (Å²) in [7, 11) is 0. The average Bonchev–Trinajstić information content (AvgIpc) is 2.73. The van der Waals surface area contributed by atoms with Gasteiger partial charge in [-0.05, 0) is 41.8 Å². The molecule has 2 amide bonds. The Morgan fingerprint density at radius 3 is 1.97 bits per heavy atom. The van der Waals surface area contributed by atoms with E-state index in [9.17, 15) is 27.6 Å². The molecule has 0 radical (unpaired) electrons. The van der Waals surface area contributed by atoms with Gasteiger partial charge in [0.05, 0.1) is 6.04 Å². The number of nitrogens with one attached hydrogen (secondary N) is 2. The second-order valence-corrected chi connectivity index (χ2v) is 8.85. The molecule has 2 aromatic carbocycles. The van der Waals surface area contributed by atoms with E-state index in [4.69, 9.17) is 39.5 Å². The van der Waals surface area contributed by atoms with E-state index >= 15 is 0 Å². The van der Waals surface area contributed by atoms with Crippen LogP contribution in [0.25, 0.3) is 0 Å². The molecule has 0 spiro atoms. The fourth-order valence-corrected chi connectivity index (χ4v) is 3.50. The molecule has 0 aliphatic carbocycles. The minimum Gasteiger partial charge on any atom is -0.484 e. The third kappa shape index (κ3) is 8.07. The number of hydrogen-bond donors (Lipinski definition) is 2. The van der Waals surface area contributed by atoms with Crippen LogP contribution < -0.4 is 15.4 Å². The van der Waals surface area contributed by atoms with Gasteiger partial charge in [-0.2, -0.15) is 13.2 Å². The Kier molecular flexibility index (Phi) is 9.61. The predicted molar refractivity (Wildman–Crippen MR) is 122 cm³/mol. The first kappa shape index (κ1) is 27.8. The van der Waals surface area contributed by atoms with Crippen molar-refractivity contribution in [2.75, 3.05) is 6.61 Å². The smallest absolute Gasteiger partial charge is 0.452 e. The summed E-state index contributed by atoms with van der Waals surface area (Å²) in [6.07, 6.45) is -5.15. The zero-order valence-corrected chi connectivity index (χ0v) is 20.1. The molecule has 2 aromatic rings. The normalized spacial score (nSPS) is 13.2. The van der Waals surface area contributed by atoms with Gasteiger partial charge >= 0.3 is 6.18 Å². The fraction of sp³-hybridized carbons (Fsp3) is 0.318. The molecule has 0 heterocycles. The first-order chi connectivity index (χ1) is 15.8. The summed E-state index contributed by atoms with van der Waals surface area (Å²) in [5.41, 5.74) is 0.225. The Labute approximate surface area is 208 Å². The van der Waals surface area contributed by atoms with Crippen LogP contribution in [0.2, 0.25) is 15.1 Å². The van der Waals surface area contributed by atoms with Gasteiger partial charge in [-0.25, -0.2) is 0 Å². The van der Waals surface area contributed by atoms with E-state index in [1.54, 1.807) is 0 Å². The van der Waals surface area contributed by atoms with Gasteiger partial charge in [-0.15, -0.1) is 0 Å². The van der Waals surface area contributed by atoms with E-state index in [0.717, 1.165) is 0 Å². The van der Waals surface area contributed by atoms with E-state index in [0.29, 0.717) is 5.02 Å². The topological polar surface area (TPSA) is 84.5 Å². The molecular formula is C22H20Cl3F3N2O4. The van der Waals surface area contributed by atoms with Crippen LogP contribution in [0.4, 0.5) is 13.2 Å². The van der Waals surface area contributed by atoms with Crippen molar-refractivity contribution in [3.63, 3.8) is 0 Å². The molecule has 0 aliphatic rings. The number of halogens is 6. The summed E-state index contributed by atoms with van der Waals surface area (Å²) < 4.78 is 44.3. The highest BCUT2D eigenvalue weighted by Gasteiger charge is 2.45. The summed E-state index contributed by atoms with van der Waals surface area (Å²) in [5, 5.41) is 5.38. The molecule has 184 valence electrons. The molecule has 6 nitrogen and oxygen atoms in total. The zero-order chi connectivity index (χ0) is 25.6. The minimum absolute atomic E-state index is 0.191. The van der Waals surface area contributed by atoms with Crippen molar-refractivity contribution in [1.82, 2.24) is 10.6 Å². The minimum atomic E-state index is -5.15. The van der Waals surface area contributed by atoms with Gasteiger partial charge in [-0.3, -0.25) is 14.4 Å². The summed E-state index contributed by atoms with van der Waals surface area (Å²) in [4.78, 5) is 37.2. The number of hydrogen-bond acceptors (Lipinski definition) is 4. The monoisotopic (exact) mass is 538 g/mol. The van der Waals surface area contributed by atoms with Gasteiger partial charge in [0.25, 0.3) is 11.7 Å². The highest BCUT2D eigenvalue weighted by molar-refractivity contribution is 6.34. The van der Waals surface area contributed by atoms with Crippen molar-refractivity contribution in [1.29, 1.82) is 0 Å². The van der Waals surface area contributed by atoms with E-state index < -0.39 is 48.4 Å². The largest absolute Gasteiger partial charge is 0.484 e. The molecule has 2 N–H and O–H groups in total. The average molecular weight is 540 g/mol. The van der Waals surface area contributed by atoms with Crippen molar-refractivity contribution in [3.8, 4) is 5.75 Å². The number of rotatable bonds is 9. The van der Waals surface area contributed by atoms with Gasteiger partial charge in [0.1, 0.15) is 11.8 Å². The Morgan fingerprint density at radius 1 is 0.912 bits per heavy atom. The van der Waals surface area contributed by atoms with Crippen LogP contribution in [-0.2, 0) is 14.4 Å². The molecule has 0 aliphatic heterocycles. The third-order valence-corrected chi connectivity index (χ3v) is 5.19. The highest BCUT2D eigenvalue weighted by atomic mass is 35.5. The number of ketones is 1. The van der Waals surface area contributed by atoms with Crippen molar-refractivity contribution >= 4 is 52.4 Å². The van der Waals surface area contributed by atoms with Gasteiger partial charge < -0.3 is 15.4 Å². The van der Waals surface area contributed by atoms with Gasteiger partial charge in [0.2, 0.25) is 5.91 Å². The summed E-state index contributed by atoms with van der Waals surface area (Å²) in [6.45, 7) is 2.16. The lowest BCUT2D eigenvalue weighted by molar-refractivity contribution is -0.175. The van der Waals surface area contributed by atoms with Crippen LogP contribution >= 0.6 is 34.8 Å². The van der Waals surface area contributed by atoms with E-state index in [1.807, 2.05) is 0 Å². The first-order valence-electron chi connectivity index (χ1n) is 9.83. The molecule has 2 atom stereocenters. The number of amides is 2. The fourth-order valence-electron chi connectivity index (χ4n) is 2.87. The Bertz CT molecular complexity index is 1030. The maximum atomic E-state index is 13.0. The van der Waals surface area contributed by atoms with Crippen molar-refractivity contribution in [2.24, 2.45) is 5.92 Å². The Morgan fingerprint density at radius 2 is 1.47 bits per heavy atom. The maximum Gasteiger partial charge on any atom is 0.452 e. The first-order valence-corrected chi connectivity index (χ1v) is 11.0. The second-order valence-electron chi connectivity index (χ2n) is 7.54. The molecule has 0 saturated carbocycles. The maximum absolute atomic E-state index is 13.0. The van der Waals surface area contributed by atoms with E-state index in [-0.39, 0.29) is 21.4 Å². The molecule has 0 bridgehead atoms. The van der Waals surface area contributed by atoms with Crippen molar-refractivity contribution < 1.29 is 32.3 Å². The van der Waals surface area contributed by atoms with Crippen LogP contribution in [0.15, 0.2) is 42.5 Å². The number of ether oxygens (including phenoxy) is 1. The van der Waals surface area contributed by atoms with E-state index in [2.05, 4.69) is 10.6 Å². The van der Waals surface area contributed by atoms with Crippen molar-refractivity contribution in [2.45, 2.75) is 32.1 Å². The molecule has 34 heavy (non-hydrogen) atoms. The number of benzene rings is 2. The van der Waals surface area contributed by atoms with Crippen LogP contribution in [-0.4, -0.2) is 36.4 Å². The third-order valence-electron chi connectivity index (χ3n) is 4.50. The lowest BCUT2D eigenvalue weighted by Gasteiger charge is -2.26. The summed E-state index contributed by atoms with van der Waals surface area (Å²) >= 11 is 17.6. The molecule has 2 rings (SSSR count). The molecule has 0 aromatic heterocycles. The number of alkyl halides is 3. The molecular weight excluding hydrogens is 520 g/mol. The van der Waals surface area contributed by atoms with Crippen LogP contribution in [0.3, 0.4) is 0 Å².